The van der Waals surface area contributed by atoms with Crippen molar-refractivity contribution in [3.05, 3.63) is 54.4 Å². The van der Waals surface area contributed by atoms with Crippen LogP contribution in [0.3, 0.4) is 0 Å². The smallest absolute Gasteiger partial charge is 0.224 e. The highest BCUT2D eigenvalue weighted by Crippen LogP contribution is 2.19. The third-order valence-electron chi connectivity index (χ3n) is 3.69. The molecule has 1 aromatic carbocycles. The van der Waals surface area contributed by atoms with E-state index < -0.39 is 0 Å². The van der Waals surface area contributed by atoms with Crippen LogP contribution >= 0.6 is 0 Å². The Morgan fingerprint density at radius 3 is 2.74 bits per heavy atom. The minimum atomic E-state index is -0.00810. The summed E-state index contributed by atoms with van der Waals surface area (Å²) >= 11 is 0. The third-order valence-corrected chi connectivity index (χ3v) is 3.69. The van der Waals surface area contributed by atoms with Crippen LogP contribution in [0.1, 0.15) is 31.9 Å². The fourth-order valence-electron chi connectivity index (χ4n) is 2.51. The largest absolute Gasteiger partial charge is 0.325 e. The molecule has 2 aromatic heterocycles. The highest BCUT2D eigenvalue weighted by molar-refractivity contribution is 5.92. The number of pyridine rings is 1. The molecule has 0 atom stereocenters. The van der Waals surface area contributed by atoms with Crippen molar-refractivity contribution in [2.45, 2.75) is 32.7 Å². The Labute approximate surface area is 135 Å². The Morgan fingerprint density at radius 1 is 1.22 bits per heavy atom. The highest BCUT2D eigenvalue weighted by atomic mass is 16.1. The zero-order valence-corrected chi connectivity index (χ0v) is 13.4. The lowest BCUT2D eigenvalue weighted by Gasteiger charge is -2.07. The van der Waals surface area contributed by atoms with E-state index in [9.17, 15) is 4.79 Å². The maximum absolute atomic E-state index is 12.1. The van der Waals surface area contributed by atoms with E-state index in [1.165, 1.54) is 0 Å². The maximum atomic E-state index is 12.1. The van der Waals surface area contributed by atoms with Gasteiger partial charge in [0.1, 0.15) is 0 Å². The van der Waals surface area contributed by atoms with Gasteiger partial charge >= 0.3 is 0 Å². The summed E-state index contributed by atoms with van der Waals surface area (Å²) in [7, 11) is 0. The SMILES string of the molecule is CC(C)n1ncc2cc(NC(=O)CCc3ccccc3)cnc21. The van der Waals surface area contributed by atoms with Crippen LogP contribution in [0.2, 0.25) is 0 Å². The number of nitrogens with one attached hydrogen (secondary N) is 1. The van der Waals surface area contributed by atoms with E-state index >= 15 is 0 Å². The summed E-state index contributed by atoms with van der Waals surface area (Å²) < 4.78 is 1.87. The lowest BCUT2D eigenvalue weighted by atomic mass is 10.1. The number of carbonyl (C=O) groups is 1. The van der Waals surface area contributed by atoms with E-state index in [0.717, 1.165) is 23.0 Å². The number of aryl methyl sites for hydroxylation is 1. The number of benzene rings is 1. The molecule has 3 aromatic rings. The van der Waals surface area contributed by atoms with E-state index in [1.807, 2.05) is 41.1 Å². The van der Waals surface area contributed by atoms with Crippen molar-refractivity contribution in [2.75, 3.05) is 5.32 Å². The van der Waals surface area contributed by atoms with Crippen molar-refractivity contribution in [1.82, 2.24) is 14.8 Å². The molecule has 0 aliphatic rings. The Hall–Kier alpha value is -2.69. The van der Waals surface area contributed by atoms with Gasteiger partial charge in [0.05, 0.1) is 18.1 Å². The summed E-state index contributed by atoms with van der Waals surface area (Å²) in [5, 5.41) is 8.17. The first kappa shape index (κ1) is 15.2. The molecule has 2 heterocycles. The van der Waals surface area contributed by atoms with Crippen LogP contribution in [0.15, 0.2) is 48.8 Å². The normalized spacial score (nSPS) is 11.1. The molecule has 1 N–H and O–H groups in total. The highest BCUT2D eigenvalue weighted by Gasteiger charge is 2.09. The summed E-state index contributed by atoms with van der Waals surface area (Å²) in [6.45, 7) is 4.13. The minimum Gasteiger partial charge on any atom is -0.325 e. The lowest BCUT2D eigenvalue weighted by molar-refractivity contribution is -0.116. The van der Waals surface area contributed by atoms with Gasteiger partial charge in [0.2, 0.25) is 5.91 Å². The molecular formula is C18H20N4O. The van der Waals surface area contributed by atoms with E-state index in [2.05, 4.69) is 29.2 Å². The molecule has 0 aliphatic carbocycles. The van der Waals surface area contributed by atoms with Gasteiger partial charge in [-0.15, -0.1) is 0 Å². The topological polar surface area (TPSA) is 59.8 Å². The molecule has 0 saturated heterocycles. The molecule has 0 fully saturated rings. The van der Waals surface area contributed by atoms with Crippen molar-refractivity contribution < 1.29 is 4.79 Å². The third kappa shape index (κ3) is 3.56. The summed E-state index contributed by atoms with van der Waals surface area (Å²) in [4.78, 5) is 16.5. The van der Waals surface area contributed by atoms with Crippen molar-refractivity contribution >= 4 is 22.6 Å². The number of carbonyl (C=O) groups excluding carboxylic acids is 1. The van der Waals surface area contributed by atoms with Crippen molar-refractivity contribution in [3.8, 4) is 0 Å². The molecule has 1 amide bonds. The van der Waals surface area contributed by atoms with Crippen LogP contribution in [0.25, 0.3) is 11.0 Å². The molecule has 5 nitrogen and oxygen atoms in total. The van der Waals surface area contributed by atoms with Crippen molar-refractivity contribution in [1.29, 1.82) is 0 Å². The molecule has 0 spiro atoms. The average molecular weight is 308 g/mol. The van der Waals surface area contributed by atoms with Gasteiger partial charge < -0.3 is 5.32 Å². The second kappa shape index (κ2) is 6.60. The molecule has 0 saturated carbocycles. The molecule has 0 radical (unpaired) electrons. The zero-order valence-electron chi connectivity index (χ0n) is 13.4. The Morgan fingerprint density at radius 2 is 2.00 bits per heavy atom. The molecule has 5 heteroatoms. The van der Waals surface area contributed by atoms with E-state index in [1.54, 1.807) is 12.4 Å². The number of fused-ring (bicyclic) bond motifs is 1. The predicted molar refractivity (Wildman–Crippen MR) is 91.3 cm³/mol. The molecule has 118 valence electrons. The maximum Gasteiger partial charge on any atom is 0.224 e. The average Bonchev–Trinajstić information content (AvgIpc) is 2.97. The van der Waals surface area contributed by atoms with E-state index in [0.29, 0.717) is 12.1 Å². The number of aromatic nitrogens is 3. The van der Waals surface area contributed by atoms with Gasteiger partial charge in [-0.2, -0.15) is 5.10 Å². The van der Waals surface area contributed by atoms with Gasteiger partial charge in [-0.3, -0.25) is 4.79 Å². The van der Waals surface area contributed by atoms with Crippen LogP contribution in [-0.4, -0.2) is 20.7 Å². The van der Waals surface area contributed by atoms with Gasteiger partial charge in [-0.05, 0) is 31.9 Å². The monoisotopic (exact) mass is 308 g/mol. The van der Waals surface area contributed by atoms with E-state index in [-0.39, 0.29) is 11.9 Å². The van der Waals surface area contributed by atoms with Gasteiger partial charge in [0.25, 0.3) is 0 Å². The molecule has 0 unspecified atom stereocenters. The quantitative estimate of drug-likeness (QED) is 0.783. The van der Waals surface area contributed by atoms with Crippen molar-refractivity contribution in [3.63, 3.8) is 0 Å². The van der Waals surface area contributed by atoms with Gasteiger partial charge in [0.15, 0.2) is 5.65 Å². The number of anilines is 1. The Kier molecular flexibility index (Phi) is 4.37. The molecule has 3 rings (SSSR count). The Balaban J connectivity index is 1.65. The number of hydrogen-bond donors (Lipinski definition) is 1. The lowest BCUT2D eigenvalue weighted by Crippen LogP contribution is -2.12. The molecule has 0 bridgehead atoms. The van der Waals surface area contributed by atoms with Crippen LogP contribution < -0.4 is 5.32 Å². The number of amides is 1. The van der Waals surface area contributed by atoms with Gasteiger partial charge in [-0.1, -0.05) is 30.3 Å². The second-order valence-electron chi connectivity index (χ2n) is 5.85. The number of rotatable bonds is 5. The molecular weight excluding hydrogens is 288 g/mol. The first-order valence-corrected chi connectivity index (χ1v) is 7.80. The first-order chi connectivity index (χ1) is 11.1. The number of nitrogens with zero attached hydrogens (tertiary/aromatic N) is 3. The van der Waals surface area contributed by atoms with Crippen LogP contribution in [0, 0.1) is 0 Å². The Bertz CT molecular complexity index is 808. The van der Waals surface area contributed by atoms with Gasteiger partial charge in [0, 0.05) is 17.8 Å². The summed E-state index contributed by atoms with van der Waals surface area (Å²) in [6.07, 6.45) is 4.65. The van der Waals surface area contributed by atoms with E-state index in [4.69, 9.17) is 0 Å². The molecule has 0 aliphatic heterocycles. The standard InChI is InChI=1S/C18H20N4O/c1-13(2)22-18-15(11-20-22)10-16(12-19-18)21-17(23)9-8-14-6-4-3-5-7-14/h3-7,10-13H,8-9H2,1-2H3,(H,21,23). The minimum absolute atomic E-state index is 0.00810. The summed E-state index contributed by atoms with van der Waals surface area (Å²) in [5.74, 6) is -0.00810. The fourth-order valence-corrected chi connectivity index (χ4v) is 2.51. The number of hydrogen-bond acceptors (Lipinski definition) is 3. The summed E-state index contributed by atoms with van der Waals surface area (Å²) in [6, 6.07) is 12.2. The zero-order chi connectivity index (χ0) is 16.2. The van der Waals surface area contributed by atoms with Crippen LogP contribution in [-0.2, 0) is 11.2 Å². The first-order valence-electron chi connectivity index (χ1n) is 7.80. The summed E-state index contributed by atoms with van der Waals surface area (Å²) in [5.41, 5.74) is 2.70. The van der Waals surface area contributed by atoms with Crippen LogP contribution in [0.5, 0.6) is 0 Å². The van der Waals surface area contributed by atoms with Crippen LogP contribution in [0.4, 0.5) is 5.69 Å². The second-order valence-corrected chi connectivity index (χ2v) is 5.85. The predicted octanol–water partition coefficient (Wildman–Crippen LogP) is 3.58. The van der Waals surface area contributed by atoms with Crippen molar-refractivity contribution in [2.24, 2.45) is 0 Å². The molecule has 23 heavy (non-hydrogen) atoms. The fraction of sp³-hybridized carbons (Fsp3) is 0.278. The van der Waals surface area contributed by atoms with Gasteiger partial charge in [-0.25, -0.2) is 9.67 Å².